The van der Waals surface area contributed by atoms with Crippen molar-refractivity contribution in [3.8, 4) is 0 Å². The Kier molecular flexibility index (Phi) is 5.05. The number of nitrogens with one attached hydrogen (secondary N) is 1. The molecule has 5 nitrogen and oxygen atoms in total. The second kappa shape index (κ2) is 7.85. The smallest absolute Gasteiger partial charge is 0.260 e. The number of anilines is 1. The molecule has 1 saturated heterocycles. The van der Waals surface area contributed by atoms with E-state index in [0.717, 1.165) is 50.0 Å². The van der Waals surface area contributed by atoms with E-state index in [0.29, 0.717) is 35.1 Å². The molecule has 0 saturated carbocycles. The van der Waals surface area contributed by atoms with Crippen molar-refractivity contribution in [3.05, 3.63) is 64.5 Å². The summed E-state index contributed by atoms with van der Waals surface area (Å²) >= 11 is 0. The fourth-order valence-electron chi connectivity index (χ4n) is 4.73. The number of rotatable bonds is 4. The molecule has 1 amide bonds. The first-order valence-electron chi connectivity index (χ1n) is 10.6. The number of aliphatic hydroxyl groups is 1. The lowest BCUT2D eigenvalue weighted by Crippen LogP contribution is -2.37. The van der Waals surface area contributed by atoms with Crippen molar-refractivity contribution in [3.63, 3.8) is 0 Å². The van der Waals surface area contributed by atoms with Gasteiger partial charge in [-0.05, 0) is 55.5 Å². The van der Waals surface area contributed by atoms with Gasteiger partial charge >= 0.3 is 0 Å². The van der Waals surface area contributed by atoms with Crippen LogP contribution in [0.25, 0.3) is 11.3 Å². The molecule has 156 valence electrons. The Labute approximate surface area is 175 Å². The number of amides is 1. The maximum atomic E-state index is 13.8. The largest absolute Gasteiger partial charge is 0.487 e. The molecule has 3 aliphatic heterocycles. The van der Waals surface area contributed by atoms with E-state index < -0.39 is 0 Å². The minimum Gasteiger partial charge on any atom is -0.487 e. The highest BCUT2D eigenvalue weighted by molar-refractivity contribution is 6.36. The number of aliphatic hydroxyl groups excluding tert-OH is 1. The van der Waals surface area contributed by atoms with Gasteiger partial charge in [-0.25, -0.2) is 4.39 Å². The molecule has 3 aliphatic rings. The Morgan fingerprint density at radius 1 is 1.20 bits per heavy atom. The van der Waals surface area contributed by atoms with Gasteiger partial charge in [0.2, 0.25) is 0 Å². The van der Waals surface area contributed by atoms with Crippen LogP contribution < -0.4 is 5.32 Å². The Balaban J connectivity index is 1.37. The lowest BCUT2D eigenvalue weighted by Gasteiger charge is -2.31. The Bertz CT molecular complexity index is 1030. The van der Waals surface area contributed by atoms with Crippen LogP contribution in [0.4, 0.5) is 10.1 Å². The highest BCUT2D eigenvalue weighted by atomic mass is 19.1. The van der Waals surface area contributed by atoms with Crippen LogP contribution in [0.1, 0.15) is 35.1 Å². The van der Waals surface area contributed by atoms with Crippen LogP contribution in [-0.2, 0) is 22.6 Å². The summed E-state index contributed by atoms with van der Waals surface area (Å²) in [4.78, 5) is 15.0. The molecule has 2 aromatic carbocycles. The molecule has 0 radical (unpaired) electrons. The number of carbonyl (C=O) groups excluding carboxylic acids is 1. The topological polar surface area (TPSA) is 61.8 Å². The molecule has 0 aliphatic carbocycles. The van der Waals surface area contributed by atoms with E-state index in [4.69, 9.17) is 4.74 Å². The van der Waals surface area contributed by atoms with Gasteiger partial charge in [-0.15, -0.1) is 0 Å². The van der Waals surface area contributed by atoms with E-state index in [2.05, 4.69) is 22.3 Å². The molecular weight excluding hydrogens is 383 g/mol. The average molecular weight is 408 g/mol. The summed E-state index contributed by atoms with van der Waals surface area (Å²) in [6.45, 7) is 3.71. The first-order valence-corrected chi connectivity index (χ1v) is 10.6. The molecule has 2 aromatic rings. The molecule has 3 heterocycles. The van der Waals surface area contributed by atoms with Crippen molar-refractivity contribution in [2.45, 2.75) is 25.9 Å². The molecule has 1 unspecified atom stereocenters. The molecule has 2 N–H and O–H groups in total. The summed E-state index contributed by atoms with van der Waals surface area (Å²) in [5.74, 6) is 0.288. The van der Waals surface area contributed by atoms with Crippen molar-refractivity contribution < 1.29 is 19.0 Å². The van der Waals surface area contributed by atoms with Crippen LogP contribution in [0, 0.1) is 11.7 Å². The Hall–Kier alpha value is -2.70. The van der Waals surface area contributed by atoms with E-state index in [1.165, 1.54) is 17.7 Å². The maximum absolute atomic E-state index is 13.8. The van der Waals surface area contributed by atoms with E-state index in [1.54, 1.807) is 6.07 Å². The molecule has 0 spiro atoms. The first-order chi connectivity index (χ1) is 14.6. The van der Waals surface area contributed by atoms with Crippen LogP contribution in [0.3, 0.4) is 0 Å². The third-order valence-electron chi connectivity index (χ3n) is 6.32. The second-order valence-corrected chi connectivity index (χ2v) is 8.37. The van der Waals surface area contributed by atoms with Crippen LogP contribution in [-0.4, -0.2) is 42.2 Å². The van der Waals surface area contributed by atoms with Crippen molar-refractivity contribution in [2.75, 3.05) is 31.6 Å². The van der Waals surface area contributed by atoms with Gasteiger partial charge in [-0.1, -0.05) is 18.2 Å². The number of benzene rings is 2. The number of fused-ring (bicyclic) bond motifs is 2. The number of hydrogen-bond acceptors (Lipinski definition) is 4. The highest BCUT2D eigenvalue weighted by Gasteiger charge is 2.32. The molecule has 1 atom stereocenters. The van der Waals surface area contributed by atoms with Crippen LogP contribution in [0.15, 0.2) is 36.4 Å². The van der Waals surface area contributed by atoms with Crippen LogP contribution in [0.5, 0.6) is 0 Å². The minimum absolute atomic E-state index is 0.258. The average Bonchev–Trinajstić information content (AvgIpc) is 3.31. The number of carbonyl (C=O) groups is 1. The number of piperidine rings is 1. The third-order valence-corrected chi connectivity index (χ3v) is 6.32. The van der Waals surface area contributed by atoms with Gasteiger partial charge in [0.1, 0.15) is 18.2 Å². The number of ether oxygens (including phenoxy) is 1. The fraction of sp³-hybridized carbons (Fsp3) is 0.375. The molecular formula is C24H25FN2O3. The van der Waals surface area contributed by atoms with Gasteiger partial charge in [0.15, 0.2) is 0 Å². The predicted octanol–water partition coefficient (Wildman–Crippen LogP) is 3.42. The summed E-state index contributed by atoms with van der Waals surface area (Å²) in [6, 6.07) is 10.5. The molecule has 6 heteroatoms. The Morgan fingerprint density at radius 3 is 2.97 bits per heavy atom. The molecule has 5 rings (SSSR count). The van der Waals surface area contributed by atoms with E-state index in [-0.39, 0.29) is 18.3 Å². The molecule has 0 bridgehead atoms. The van der Waals surface area contributed by atoms with Crippen LogP contribution >= 0.6 is 0 Å². The summed E-state index contributed by atoms with van der Waals surface area (Å²) in [6.07, 6.45) is 3.19. The molecule has 0 aromatic heterocycles. The zero-order valence-corrected chi connectivity index (χ0v) is 16.8. The number of halogens is 1. The van der Waals surface area contributed by atoms with E-state index in [9.17, 15) is 14.3 Å². The zero-order valence-electron chi connectivity index (χ0n) is 16.8. The lowest BCUT2D eigenvalue weighted by molar-refractivity contribution is -0.110. The monoisotopic (exact) mass is 408 g/mol. The highest BCUT2D eigenvalue weighted by Crippen LogP contribution is 2.42. The standard InChI is InChI=1S/C24H25FN2O3/c25-18-4-6-21-20(11-18)22(24(29)26-21)23-19-5-3-15(10-17(19)14-30-23)7-9-27-8-1-2-16(12-27)13-28/h3-6,10-11,16,28H,1-2,7-9,12-14H2,(H,26,29). The van der Waals surface area contributed by atoms with Crippen molar-refractivity contribution >= 4 is 22.9 Å². The maximum Gasteiger partial charge on any atom is 0.260 e. The van der Waals surface area contributed by atoms with Crippen molar-refractivity contribution in [1.29, 1.82) is 0 Å². The number of hydrogen-bond donors (Lipinski definition) is 2. The zero-order chi connectivity index (χ0) is 20.7. The third kappa shape index (κ3) is 3.50. The summed E-state index contributed by atoms with van der Waals surface area (Å²) in [7, 11) is 0. The predicted molar refractivity (Wildman–Crippen MR) is 113 cm³/mol. The quantitative estimate of drug-likeness (QED) is 0.761. The van der Waals surface area contributed by atoms with E-state index in [1.807, 2.05) is 6.07 Å². The SMILES string of the molecule is O=C1Nc2ccc(F)cc2C1=C1OCc2cc(CCN3CCCC(CO)C3)ccc21. The number of nitrogens with zero attached hydrogens (tertiary/aromatic N) is 1. The van der Waals surface area contributed by atoms with Gasteiger partial charge in [-0.2, -0.15) is 0 Å². The minimum atomic E-state index is -0.377. The summed E-state index contributed by atoms with van der Waals surface area (Å²) in [5, 5.41) is 12.2. The van der Waals surface area contributed by atoms with Crippen molar-refractivity contribution in [2.24, 2.45) is 5.92 Å². The fourth-order valence-corrected chi connectivity index (χ4v) is 4.73. The summed E-state index contributed by atoms with van der Waals surface area (Å²) < 4.78 is 19.7. The van der Waals surface area contributed by atoms with Crippen LogP contribution in [0.2, 0.25) is 0 Å². The first kappa shape index (κ1) is 19.3. The normalized spacial score (nSPS) is 23.1. The van der Waals surface area contributed by atoms with Gasteiger partial charge in [0, 0.05) is 42.1 Å². The lowest BCUT2D eigenvalue weighted by atomic mass is 9.97. The van der Waals surface area contributed by atoms with Gasteiger partial charge in [-0.3, -0.25) is 4.79 Å². The van der Waals surface area contributed by atoms with Gasteiger partial charge in [0.25, 0.3) is 5.91 Å². The van der Waals surface area contributed by atoms with E-state index >= 15 is 0 Å². The summed E-state index contributed by atoms with van der Waals surface area (Å²) in [5.41, 5.74) is 4.76. The second-order valence-electron chi connectivity index (χ2n) is 8.37. The van der Waals surface area contributed by atoms with Crippen molar-refractivity contribution in [1.82, 2.24) is 4.90 Å². The molecule has 30 heavy (non-hydrogen) atoms. The molecule has 1 fully saturated rings. The Morgan fingerprint density at radius 2 is 2.10 bits per heavy atom. The van der Waals surface area contributed by atoms with Gasteiger partial charge < -0.3 is 20.1 Å². The van der Waals surface area contributed by atoms with Gasteiger partial charge in [0.05, 0.1) is 5.57 Å². The number of likely N-dealkylation sites (tertiary alicyclic amines) is 1.